The van der Waals surface area contributed by atoms with E-state index in [1.807, 2.05) is 24.3 Å². The van der Waals surface area contributed by atoms with Crippen molar-refractivity contribution in [3.63, 3.8) is 0 Å². The first kappa shape index (κ1) is 24.0. The number of carbonyl (C=O) groups is 1. The number of aromatic nitrogens is 1. The summed E-state index contributed by atoms with van der Waals surface area (Å²) in [5.41, 5.74) is 0.963. The van der Waals surface area contributed by atoms with Gasteiger partial charge in [-0.25, -0.2) is 4.98 Å². The van der Waals surface area contributed by atoms with E-state index in [0.717, 1.165) is 24.3 Å². The number of amides is 1. The number of nitrogens with zero attached hydrogens (tertiary/aromatic N) is 2. The maximum atomic E-state index is 13.8. The van der Waals surface area contributed by atoms with Gasteiger partial charge in [0.05, 0.1) is 31.9 Å². The predicted molar refractivity (Wildman–Crippen MR) is 124 cm³/mol. The van der Waals surface area contributed by atoms with E-state index in [0.29, 0.717) is 35.9 Å². The molecule has 1 aliphatic rings. The Bertz CT molecular complexity index is 1160. The van der Waals surface area contributed by atoms with Crippen LogP contribution in [0.15, 0.2) is 48.5 Å². The van der Waals surface area contributed by atoms with Gasteiger partial charge in [-0.1, -0.05) is 24.3 Å². The fourth-order valence-corrected chi connectivity index (χ4v) is 4.78. The van der Waals surface area contributed by atoms with Crippen LogP contribution in [0.5, 0.6) is 5.75 Å². The molecular formula is C24H24F3N3O3S. The van der Waals surface area contributed by atoms with Gasteiger partial charge >= 0.3 is 6.18 Å². The van der Waals surface area contributed by atoms with Gasteiger partial charge < -0.3 is 19.7 Å². The quantitative estimate of drug-likeness (QED) is 0.516. The molecule has 2 heterocycles. The van der Waals surface area contributed by atoms with Crippen molar-refractivity contribution in [2.24, 2.45) is 0 Å². The normalized spacial score (nSPS) is 15.1. The van der Waals surface area contributed by atoms with Gasteiger partial charge in [0.25, 0.3) is 5.91 Å². The van der Waals surface area contributed by atoms with Gasteiger partial charge in [-0.2, -0.15) is 13.2 Å². The molecule has 4 rings (SSSR count). The Kier molecular flexibility index (Phi) is 7.08. The third-order valence-corrected chi connectivity index (χ3v) is 6.62. The molecule has 10 heteroatoms. The van der Waals surface area contributed by atoms with Gasteiger partial charge in [0.15, 0.2) is 5.69 Å². The van der Waals surface area contributed by atoms with Crippen molar-refractivity contribution in [2.75, 3.05) is 38.3 Å². The summed E-state index contributed by atoms with van der Waals surface area (Å²) in [7, 11) is 1.43. The summed E-state index contributed by atoms with van der Waals surface area (Å²) in [6.07, 6.45) is -4.77. The summed E-state index contributed by atoms with van der Waals surface area (Å²) in [5.74, 6) is -0.444. The molecule has 0 radical (unpaired) electrons. The monoisotopic (exact) mass is 491 g/mol. The molecule has 0 saturated carbocycles. The molecule has 1 aliphatic heterocycles. The Hall–Kier alpha value is -3.11. The van der Waals surface area contributed by atoms with Gasteiger partial charge in [0.2, 0.25) is 0 Å². The Balaban J connectivity index is 1.60. The molecular weight excluding hydrogens is 467 g/mol. The number of methoxy groups -OCH3 is 1. The summed E-state index contributed by atoms with van der Waals surface area (Å²) in [4.78, 5) is 18.4. The Labute approximate surface area is 199 Å². The minimum Gasteiger partial charge on any atom is -0.496 e. The number of ether oxygens (including phenoxy) is 2. The van der Waals surface area contributed by atoms with Gasteiger partial charge in [-0.15, -0.1) is 11.3 Å². The Morgan fingerprint density at radius 3 is 2.62 bits per heavy atom. The molecule has 1 aromatic heterocycles. The number of nitrogens with one attached hydrogen (secondary N) is 1. The zero-order chi connectivity index (χ0) is 24.3. The standard InChI is InChI=1S/C24H24F3N3O3S/c1-15(16-6-5-7-17(14-16)30-10-12-33-13-11-30)28-22(31)20-21(24(25,26)27)29-23(34-20)18-8-3-4-9-19(18)32-2/h3-9,14-15H,10-13H2,1-2H3,(H,28,31)/t15-/m0/s1. The number of carbonyl (C=O) groups excluding carboxylic acids is 1. The molecule has 6 nitrogen and oxygen atoms in total. The molecule has 1 amide bonds. The van der Waals surface area contributed by atoms with Crippen molar-refractivity contribution in [1.29, 1.82) is 0 Å². The molecule has 2 aromatic carbocycles. The van der Waals surface area contributed by atoms with Gasteiger partial charge in [0, 0.05) is 18.8 Å². The van der Waals surface area contributed by atoms with Crippen LogP contribution in [0.2, 0.25) is 0 Å². The largest absolute Gasteiger partial charge is 0.496 e. The predicted octanol–water partition coefficient (Wildman–Crippen LogP) is 5.17. The molecule has 0 unspecified atom stereocenters. The highest BCUT2D eigenvalue weighted by molar-refractivity contribution is 7.17. The third-order valence-electron chi connectivity index (χ3n) is 5.53. The first-order chi connectivity index (χ1) is 16.3. The molecule has 1 saturated heterocycles. The number of hydrogen-bond acceptors (Lipinski definition) is 6. The van der Waals surface area contributed by atoms with Crippen molar-refractivity contribution < 1.29 is 27.4 Å². The summed E-state index contributed by atoms with van der Waals surface area (Å²) >= 11 is 0.695. The van der Waals surface area contributed by atoms with Crippen molar-refractivity contribution in [2.45, 2.75) is 19.1 Å². The van der Waals surface area contributed by atoms with E-state index in [1.54, 1.807) is 31.2 Å². The van der Waals surface area contributed by atoms with Crippen LogP contribution in [-0.2, 0) is 10.9 Å². The first-order valence-electron chi connectivity index (χ1n) is 10.7. The van der Waals surface area contributed by atoms with Crippen LogP contribution in [0.3, 0.4) is 0 Å². The molecule has 1 N–H and O–H groups in total. The number of anilines is 1. The minimum atomic E-state index is -4.77. The van der Waals surface area contributed by atoms with Crippen LogP contribution in [0.4, 0.5) is 18.9 Å². The average molecular weight is 492 g/mol. The molecule has 0 bridgehead atoms. The van der Waals surface area contributed by atoms with Crippen LogP contribution in [0, 0.1) is 0 Å². The number of halogens is 3. The molecule has 0 spiro atoms. The third kappa shape index (κ3) is 5.18. The van der Waals surface area contributed by atoms with E-state index in [1.165, 1.54) is 7.11 Å². The second-order valence-corrected chi connectivity index (χ2v) is 8.78. The Morgan fingerprint density at radius 1 is 1.18 bits per heavy atom. The molecule has 3 aromatic rings. The number of alkyl halides is 3. The Morgan fingerprint density at radius 2 is 1.91 bits per heavy atom. The van der Waals surface area contributed by atoms with Crippen LogP contribution < -0.4 is 15.0 Å². The van der Waals surface area contributed by atoms with Gasteiger partial charge in [0.1, 0.15) is 15.6 Å². The lowest BCUT2D eigenvalue weighted by atomic mass is 10.1. The van der Waals surface area contributed by atoms with Crippen LogP contribution in [-0.4, -0.2) is 44.3 Å². The van der Waals surface area contributed by atoms with Crippen molar-refractivity contribution in [1.82, 2.24) is 10.3 Å². The lowest BCUT2D eigenvalue weighted by molar-refractivity contribution is -0.141. The number of hydrogen-bond donors (Lipinski definition) is 1. The van der Waals surface area contributed by atoms with E-state index < -0.39 is 28.7 Å². The number of benzene rings is 2. The lowest BCUT2D eigenvalue weighted by Crippen LogP contribution is -2.36. The maximum absolute atomic E-state index is 13.8. The zero-order valence-electron chi connectivity index (χ0n) is 18.7. The van der Waals surface area contributed by atoms with Crippen molar-refractivity contribution in [3.05, 3.63) is 64.7 Å². The fourth-order valence-electron chi connectivity index (χ4n) is 3.76. The second kappa shape index (κ2) is 10.0. The molecule has 1 fully saturated rings. The highest BCUT2D eigenvalue weighted by Gasteiger charge is 2.40. The smallest absolute Gasteiger partial charge is 0.435 e. The highest BCUT2D eigenvalue weighted by atomic mass is 32.1. The van der Waals surface area contributed by atoms with E-state index >= 15 is 0 Å². The summed E-state index contributed by atoms with van der Waals surface area (Å²) in [6.45, 7) is 4.52. The van der Waals surface area contributed by atoms with E-state index in [4.69, 9.17) is 9.47 Å². The SMILES string of the molecule is COc1ccccc1-c1nc(C(F)(F)F)c(C(=O)N[C@@H](C)c2cccc(N3CCOCC3)c2)s1. The minimum absolute atomic E-state index is 0.0666. The highest BCUT2D eigenvalue weighted by Crippen LogP contribution is 2.40. The summed E-state index contributed by atoms with van der Waals surface area (Å²) in [6, 6.07) is 13.7. The van der Waals surface area contributed by atoms with Gasteiger partial charge in [-0.05, 0) is 36.8 Å². The molecule has 180 valence electrons. The topological polar surface area (TPSA) is 63.7 Å². The average Bonchev–Trinajstić information content (AvgIpc) is 3.31. The fraction of sp³-hybridized carbons (Fsp3) is 0.333. The summed E-state index contributed by atoms with van der Waals surface area (Å²) < 4.78 is 51.9. The number of rotatable bonds is 6. The maximum Gasteiger partial charge on any atom is 0.435 e. The van der Waals surface area contributed by atoms with Crippen LogP contribution >= 0.6 is 11.3 Å². The van der Waals surface area contributed by atoms with Crippen LogP contribution in [0.25, 0.3) is 10.6 Å². The number of thiazole rings is 1. The van der Waals surface area contributed by atoms with E-state index in [-0.39, 0.29) is 5.01 Å². The van der Waals surface area contributed by atoms with Crippen molar-refractivity contribution >= 4 is 22.9 Å². The summed E-state index contributed by atoms with van der Waals surface area (Å²) in [5, 5.41) is 2.77. The zero-order valence-corrected chi connectivity index (χ0v) is 19.5. The number of para-hydroxylation sites is 1. The van der Waals surface area contributed by atoms with Crippen LogP contribution in [0.1, 0.15) is 33.9 Å². The molecule has 34 heavy (non-hydrogen) atoms. The number of morpholine rings is 1. The first-order valence-corrected chi connectivity index (χ1v) is 11.5. The second-order valence-electron chi connectivity index (χ2n) is 7.78. The molecule has 0 aliphatic carbocycles. The van der Waals surface area contributed by atoms with E-state index in [2.05, 4.69) is 15.2 Å². The molecule has 1 atom stereocenters. The lowest BCUT2D eigenvalue weighted by Gasteiger charge is -2.29. The van der Waals surface area contributed by atoms with E-state index in [9.17, 15) is 18.0 Å². The van der Waals surface area contributed by atoms with Gasteiger partial charge in [-0.3, -0.25) is 4.79 Å². The van der Waals surface area contributed by atoms with Crippen molar-refractivity contribution in [3.8, 4) is 16.3 Å².